The van der Waals surface area contributed by atoms with Crippen LogP contribution in [-0.2, 0) is 4.74 Å². The van der Waals surface area contributed by atoms with Crippen LogP contribution < -0.4 is 27.8 Å². The van der Waals surface area contributed by atoms with Crippen LogP contribution in [0.15, 0.2) is 35.0 Å². The summed E-state index contributed by atoms with van der Waals surface area (Å²) in [5.74, 6) is 0.582. The molecule has 28 heavy (non-hydrogen) atoms. The molecular weight excluding hydrogens is 356 g/mol. The fourth-order valence-corrected chi connectivity index (χ4v) is 4.03. The molecule has 0 spiro atoms. The Hall–Kier alpha value is -2.58. The zero-order chi connectivity index (χ0) is 20.1. The lowest BCUT2D eigenvalue weighted by molar-refractivity contribution is 0.0625. The summed E-state index contributed by atoms with van der Waals surface area (Å²) in [5.41, 5.74) is 19.0. The first kappa shape index (κ1) is 20.2. The molecule has 3 atom stereocenters. The minimum Gasteiger partial charge on any atom is -0.428 e. The number of hydrogen-bond donors (Lipinski definition) is 5. The monoisotopic (exact) mass is 386 g/mol. The molecule has 0 unspecified atom stereocenters. The van der Waals surface area contributed by atoms with E-state index in [9.17, 15) is 4.79 Å². The number of allylic oxidation sites excluding steroid dienone is 1. The van der Waals surface area contributed by atoms with E-state index >= 15 is 0 Å². The number of rotatable bonds is 7. The van der Waals surface area contributed by atoms with E-state index in [-0.39, 0.29) is 24.5 Å². The van der Waals surface area contributed by atoms with Gasteiger partial charge in [-0.2, -0.15) is 0 Å². The Bertz CT molecular complexity index is 772. The number of nitrogens with two attached hydrogens (primary N) is 3. The molecule has 2 aliphatic heterocycles. The lowest BCUT2D eigenvalue weighted by atomic mass is 9.81. The maximum atomic E-state index is 12.5. The first-order valence-electron chi connectivity index (χ1n) is 9.78. The number of ether oxygens (including phenoxy) is 1. The van der Waals surface area contributed by atoms with Crippen molar-refractivity contribution in [2.75, 3.05) is 25.0 Å². The Morgan fingerprint density at radius 2 is 2.21 bits per heavy atom. The average Bonchev–Trinajstić information content (AvgIpc) is 3.15. The lowest BCUT2D eigenvalue weighted by Gasteiger charge is -2.37. The zero-order valence-corrected chi connectivity index (χ0v) is 16.3. The maximum absolute atomic E-state index is 12.5. The molecule has 1 aromatic carbocycles. The number of carbonyl (C=O) groups excluding carboxylic acids is 1. The summed E-state index contributed by atoms with van der Waals surface area (Å²) in [7, 11) is 0. The molecular formula is C20H30N6O2. The minimum absolute atomic E-state index is 0.000878. The van der Waals surface area contributed by atoms with Crippen LogP contribution in [0, 0.1) is 5.92 Å². The molecule has 1 saturated heterocycles. The highest BCUT2D eigenvalue weighted by atomic mass is 16.5. The van der Waals surface area contributed by atoms with Crippen LogP contribution in [0.1, 0.15) is 48.1 Å². The van der Waals surface area contributed by atoms with E-state index in [1.807, 2.05) is 12.1 Å². The average molecular weight is 387 g/mol. The molecule has 0 bridgehead atoms. The number of nitrogens with zero attached hydrogens (tertiary/aromatic N) is 1. The molecule has 2 heterocycles. The number of nitrogens with one attached hydrogen (secondary N) is 2. The highest BCUT2D eigenvalue weighted by molar-refractivity contribution is 5.91. The van der Waals surface area contributed by atoms with E-state index in [4.69, 9.17) is 21.9 Å². The standard InChI is InChI=1S/C20H30N6O2/c1-12(6-9-25-20(22)23)28-19(27)13-4-5-17-15(11-13)18-14(7-10-24-18)16(26-17)3-2-8-21/h4-6,11,14,16,18,24,26H,2-3,7-10,21H2,1H3,(H4,22,23,25)/b12-6+/t14-,16-,18-/m0/s1. The maximum Gasteiger partial charge on any atom is 0.343 e. The largest absolute Gasteiger partial charge is 0.428 e. The van der Waals surface area contributed by atoms with Crippen molar-refractivity contribution in [1.82, 2.24) is 5.32 Å². The summed E-state index contributed by atoms with van der Waals surface area (Å²) in [6.45, 7) is 3.66. The van der Waals surface area contributed by atoms with Gasteiger partial charge in [-0.25, -0.2) is 9.79 Å². The normalized spacial score (nSPS) is 23.4. The Morgan fingerprint density at radius 1 is 1.39 bits per heavy atom. The van der Waals surface area contributed by atoms with Gasteiger partial charge in [0, 0.05) is 17.8 Å². The number of anilines is 1. The van der Waals surface area contributed by atoms with Crippen LogP contribution in [0.3, 0.4) is 0 Å². The summed E-state index contributed by atoms with van der Waals surface area (Å²) in [5, 5.41) is 7.24. The van der Waals surface area contributed by atoms with Crippen LogP contribution in [-0.4, -0.2) is 37.6 Å². The molecule has 1 fully saturated rings. The highest BCUT2D eigenvalue weighted by Crippen LogP contribution is 2.42. The van der Waals surface area contributed by atoms with Gasteiger partial charge in [0.25, 0.3) is 0 Å². The van der Waals surface area contributed by atoms with E-state index in [2.05, 4.69) is 15.6 Å². The first-order chi connectivity index (χ1) is 13.5. The number of hydrogen-bond acceptors (Lipinski definition) is 6. The summed E-state index contributed by atoms with van der Waals surface area (Å²) in [6.07, 6.45) is 4.84. The molecule has 0 aromatic heterocycles. The van der Waals surface area contributed by atoms with Gasteiger partial charge in [0.05, 0.1) is 12.1 Å². The number of benzene rings is 1. The topological polar surface area (TPSA) is 141 Å². The molecule has 8 nitrogen and oxygen atoms in total. The third-order valence-electron chi connectivity index (χ3n) is 5.38. The van der Waals surface area contributed by atoms with E-state index in [0.717, 1.165) is 37.1 Å². The molecule has 3 rings (SSSR count). The second-order valence-corrected chi connectivity index (χ2v) is 7.34. The van der Waals surface area contributed by atoms with Crippen molar-refractivity contribution in [3.05, 3.63) is 41.2 Å². The summed E-state index contributed by atoms with van der Waals surface area (Å²) < 4.78 is 5.41. The first-order valence-corrected chi connectivity index (χ1v) is 9.78. The van der Waals surface area contributed by atoms with Crippen molar-refractivity contribution in [3.8, 4) is 0 Å². The summed E-state index contributed by atoms with van der Waals surface area (Å²) >= 11 is 0. The quantitative estimate of drug-likeness (QED) is 0.205. The van der Waals surface area contributed by atoms with Crippen LogP contribution in [0.4, 0.5) is 5.69 Å². The van der Waals surface area contributed by atoms with Gasteiger partial charge in [-0.15, -0.1) is 0 Å². The van der Waals surface area contributed by atoms with Crippen molar-refractivity contribution in [2.45, 2.75) is 38.3 Å². The van der Waals surface area contributed by atoms with Gasteiger partial charge in [-0.1, -0.05) is 0 Å². The fraction of sp³-hybridized carbons (Fsp3) is 0.500. The SMILES string of the molecule is C/C(=C\CN=C(N)N)OC(=O)c1ccc2c(c1)[C@H]1NCC[C@H]1[C@H](CCCN)N2. The number of esters is 1. The highest BCUT2D eigenvalue weighted by Gasteiger charge is 2.39. The van der Waals surface area contributed by atoms with E-state index in [1.165, 1.54) is 0 Å². The molecule has 0 radical (unpaired) electrons. The van der Waals surface area contributed by atoms with Gasteiger partial charge >= 0.3 is 5.97 Å². The molecule has 152 valence electrons. The predicted octanol–water partition coefficient (Wildman–Crippen LogP) is 1.20. The van der Waals surface area contributed by atoms with Crippen molar-refractivity contribution in [1.29, 1.82) is 0 Å². The molecule has 0 saturated carbocycles. The number of aliphatic imine (C=N–C) groups is 1. The zero-order valence-electron chi connectivity index (χ0n) is 16.3. The Balaban J connectivity index is 1.73. The Labute approximate surface area is 165 Å². The van der Waals surface area contributed by atoms with Crippen molar-refractivity contribution in [2.24, 2.45) is 28.1 Å². The third-order valence-corrected chi connectivity index (χ3v) is 5.38. The van der Waals surface area contributed by atoms with E-state index in [1.54, 1.807) is 19.1 Å². The number of carbonyl (C=O) groups is 1. The second-order valence-electron chi connectivity index (χ2n) is 7.34. The smallest absolute Gasteiger partial charge is 0.343 e. The molecule has 8 N–H and O–H groups in total. The van der Waals surface area contributed by atoms with Crippen molar-refractivity contribution in [3.63, 3.8) is 0 Å². The predicted molar refractivity (Wildman–Crippen MR) is 111 cm³/mol. The lowest BCUT2D eigenvalue weighted by Crippen LogP contribution is -2.38. The Kier molecular flexibility index (Phi) is 6.53. The van der Waals surface area contributed by atoms with Crippen LogP contribution >= 0.6 is 0 Å². The molecule has 2 aliphatic rings. The number of fused-ring (bicyclic) bond motifs is 3. The van der Waals surface area contributed by atoms with E-state index < -0.39 is 0 Å². The van der Waals surface area contributed by atoms with E-state index in [0.29, 0.717) is 29.8 Å². The third kappa shape index (κ3) is 4.63. The van der Waals surface area contributed by atoms with Gasteiger partial charge in [0.1, 0.15) is 5.76 Å². The van der Waals surface area contributed by atoms with Gasteiger partial charge in [-0.3, -0.25) is 0 Å². The second kappa shape index (κ2) is 9.07. The summed E-state index contributed by atoms with van der Waals surface area (Å²) in [6, 6.07) is 6.37. The van der Waals surface area contributed by atoms with Gasteiger partial charge < -0.3 is 32.6 Å². The fourth-order valence-electron chi connectivity index (χ4n) is 4.03. The molecule has 0 amide bonds. The van der Waals surface area contributed by atoms with Gasteiger partial charge in [0.15, 0.2) is 5.96 Å². The van der Waals surface area contributed by atoms with Gasteiger partial charge in [-0.05, 0) is 75.0 Å². The van der Waals surface area contributed by atoms with Gasteiger partial charge in [0.2, 0.25) is 0 Å². The number of guanidine groups is 1. The minimum atomic E-state index is -0.388. The van der Waals surface area contributed by atoms with Crippen LogP contribution in [0.25, 0.3) is 0 Å². The molecule has 0 aliphatic carbocycles. The van der Waals surface area contributed by atoms with Crippen molar-refractivity contribution >= 4 is 17.6 Å². The summed E-state index contributed by atoms with van der Waals surface area (Å²) in [4.78, 5) is 16.4. The molecule has 1 aromatic rings. The van der Waals surface area contributed by atoms with Crippen LogP contribution in [0.2, 0.25) is 0 Å². The van der Waals surface area contributed by atoms with Crippen molar-refractivity contribution < 1.29 is 9.53 Å². The van der Waals surface area contributed by atoms with Crippen LogP contribution in [0.5, 0.6) is 0 Å². The Morgan fingerprint density at radius 3 is 2.96 bits per heavy atom. The molecule has 8 heteroatoms.